The number of rotatable bonds is 3. The van der Waals surface area contributed by atoms with Crippen LogP contribution in [0.3, 0.4) is 0 Å². The number of hydrogen-bond acceptors (Lipinski definition) is 8. The summed E-state index contributed by atoms with van der Waals surface area (Å²) in [6.45, 7) is 1.03. The summed E-state index contributed by atoms with van der Waals surface area (Å²) in [7, 11) is 1.53. The molecule has 0 radical (unpaired) electrons. The van der Waals surface area contributed by atoms with E-state index in [2.05, 4.69) is 20.3 Å². The fraction of sp³-hybridized carbons (Fsp3) is 0.389. The molecule has 10 nitrogen and oxygen atoms in total. The third-order valence-electron chi connectivity index (χ3n) is 4.55. The van der Waals surface area contributed by atoms with Crippen LogP contribution in [-0.4, -0.2) is 66.3 Å². The molecule has 0 unspecified atom stereocenters. The fourth-order valence-corrected chi connectivity index (χ4v) is 3.40. The highest BCUT2D eigenvalue weighted by Gasteiger charge is 2.32. The van der Waals surface area contributed by atoms with Crippen molar-refractivity contribution in [2.24, 2.45) is 0 Å². The van der Waals surface area contributed by atoms with Crippen molar-refractivity contribution in [2.45, 2.75) is 12.1 Å². The third-order valence-corrected chi connectivity index (χ3v) is 5.05. The molecule has 1 fully saturated rings. The SMILES string of the molecule is CN1C(=O)[C@@H](NC(=O)c2ncc(Cl)c([C@H]3COCCO3)n2)COc2cc(Cl)cnc21. The summed E-state index contributed by atoms with van der Waals surface area (Å²) in [5.74, 6) is -0.566. The van der Waals surface area contributed by atoms with Crippen molar-refractivity contribution >= 4 is 40.8 Å². The monoisotopic (exact) mass is 453 g/mol. The van der Waals surface area contributed by atoms with E-state index < -0.39 is 24.0 Å². The van der Waals surface area contributed by atoms with E-state index in [1.807, 2.05) is 0 Å². The molecule has 2 aliphatic rings. The van der Waals surface area contributed by atoms with Gasteiger partial charge in [-0.3, -0.25) is 14.5 Å². The number of nitrogens with zero attached hydrogens (tertiary/aromatic N) is 4. The standard InChI is InChI=1S/C18H17Cl2N5O5/c1-25-16-12(4-9(19)5-22-16)30-7-11(18(25)27)23-17(26)15-21-6-10(20)14(24-15)13-8-28-2-3-29-13/h4-6,11,13H,2-3,7-8H2,1H3,(H,23,26)/t11-,13+/m0/s1. The number of hydrogen-bond donors (Lipinski definition) is 1. The highest BCUT2D eigenvalue weighted by molar-refractivity contribution is 6.31. The predicted molar refractivity (Wildman–Crippen MR) is 106 cm³/mol. The van der Waals surface area contributed by atoms with Crippen LogP contribution in [0, 0.1) is 0 Å². The van der Waals surface area contributed by atoms with Crippen molar-refractivity contribution in [3.8, 4) is 5.75 Å². The number of ether oxygens (including phenoxy) is 3. The molecule has 12 heteroatoms. The van der Waals surface area contributed by atoms with Crippen molar-refractivity contribution in [1.29, 1.82) is 0 Å². The van der Waals surface area contributed by atoms with Gasteiger partial charge in [-0.2, -0.15) is 0 Å². The maximum absolute atomic E-state index is 12.8. The van der Waals surface area contributed by atoms with E-state index in [1.165, 1.54) is 24.3 Å². The van der Waals surface area contributed by atoms with Crippen LogP contribution in [0.2, 0.25) is 10.0 Å². The number of halogens is 2. The Kier molecular flexibility index (Phi) is 6.00. The van der Waals surface area contributed by atoms with E-state index in [9.17, 15) is 9.59 Å². The number of carbonyl (C=O) groups is 2. The first-order valence-electron chi connectivity index (χ1n) is 9.02. The van der Waals surface area contributed by atoms with Crippen LogP contribution in [0.1, 0.15) is 22.4 Å². The first-order valence-corrected chi connectivity index (χ1v) is 9.78. The highest BCUT2D eigenvalue weighted by atomic mass is 35.5. The Balaban J connectivity index is 1.52. The smallest absolute Gasteiger partial charge is 0.289 e. The molecule has 2 aromatic heterocycles. The average molecular weight is 454 g/mol. The molecule has 1 saturated heterocycles. The molecule has 2 atom stereocenters. The molecular weight excluding hydrogens is 437 g/mol. The number of carbonyl (C=O) groups excluding carboxylic acids is 2. The van der Waals surface area contributed by atoms with E-state index in [-0.39, 0.29) is 24.1 Å². The highest BCUT2D eigenvalue weighted by Crippen LogP contribution is 2.30. The maximum Gasteiger partial charge on any atom is 0.289 e. The lowest BCUT2D eigenvalue weighted by atomic mass is 10.2. The molecule has 0 spiro atoms. The second-order valence-corrected chi connectivity index (χ2v) is 7.41. The van der Waals surface area contributed by atoms with Crippen molar-refractivity contribution in [3.05, 3.63) is 40.0 Å². The lowest BCUT2D eigenvalue weighted by Gasteiger charge is -2.23. The Morgan fingerprint density at radius 3 is 2.83 bits per heavy atom. The lowest BCUT2D eigenvalue weighted by molar-refractivity contribution is -0.120. The molecule has 2 amide bonds. The van der Waals surface area contributed by atoms with Gasteiger partial charge in [0.25, 0.3) is 11.8 Å². The van der Waals surface area contributed by atoms with Gasteiger partial charge in [0.1, 0.15) is 18.8 Å². The average Bonchev–Trinajstić information content (AvgIpc) is 2.86. The molecule has 30 heavy (non-hydrogen) atoms. The molecule has 0 aliphatic carbocycles. The van der Waals surface area contributed by atoms with Crippen LogP contribution in [0.4, 0.5) is 5.82 Å². The molecular formula is C18H17Cl2N5O5. The molecule has 4 heterocycles. The van der Waals surface area contributed by atoms with E-state index in [0.717, 1.165) is 0 Å². The minimum Gasteiger partial charge on any atom is -0.487 e. The lowest BCUT2D eigenvalue weighted by Crippen LogP contribution is -2.49. The minimum absolute atomic E-state index is 0.107. The van der Waals surface area contributed by atoms with Crippen LogP contribution in [0.25, 0.3) is 0 Å². The van der Waals surface area contributed by atoms with Gasteiger partial charge in [0.15, 0.2) is 11.6 Å². The third kappa shape index (κ3) is 4.17. The van der Waals surface area contributed by atoms with Gasteiger partial charge in [-0.05, 0) is 0 Å². The second kappa shape index (κ2) is 8.68. The number of aromatic nitrogens is 3. The van der Waals surface area contributed by atoms with Crippen LogP contribution in [0.5, 0.6) is 5.75 Å². The van der Waals surface area contributed by atoms with Crippen LogP contribution >= 0.6 is 23.2 Å². The van der Waals surface area contributed by atoms with Gasteiger partial charge in [0.05, 0.1) is 41.8 Å². The number of nitrogens with one attached hydrogen (secondary N) is 1. The zero-order valence-electron chi connectivity index (χ0n) is 15.8. The Morgan fingerprint density at radius 2 is 2.07 bits per heavy atom. The number of fused-ring (bicyclic) bond motifs is 1. The first-order chi connectivity index (χ1) is 14.4. The van der Waals surface area contributed by atoms with Gasteiger partial charge in [-0.25, -0.2) is 15.0 Å². The summed E-state index contributed by atoms with van der Waals surface area (Å²) in [5, 5.41) is 3.23. The molecule has 0 bridgehead atoms. The van der Waals surface area contributed by atoms with E-state index in [4.69, 9.17) is 37.4 Å². The largest absolute Gasteiger partial charge is 0.487 e. The molecule has 2 aromatic rings. The second-order valence-electron chi connectivity index (χ2n) is 6.57. The van der Waals surface area contributed by atoms with Crippen LogP contribution in [0.15, 0.2) is 18.5 Å². The minimum atomic E-state index is -0.979. The van der Waals surface area contributed by atoms with Gasteiger partial charge < -0.3 is 19.5 Å². The molecule has 158 valence electrons. The molecule has 0 saturated carbocycles. The number of anilines is 1. The summed E-state index contributed by atoms with van der Waals surface area (Å²) in [6.07, 6.45) is 2.22. The molecule has 4 rings (SSSR count). The van der Waals surface area contributed by atoms with Crippen molar-refractivity contribution < 1.29 is 23.8 Å². The maximum atomic E-state index is 12.8. The Bertz CT molecular complexity index is 985. The van der Waals surface area contributed by atoms with Crippen molar-refractivity contribution in [2.75, 3.05) is 38.4 Å². The zero-order chi connectivity index (χ0) is 21.3. The van der Waals surface area contributed by atoms with Gasteiger partial charge in [-0.1, -0.05) is 23.2 Å². The van der Waals surface area contributed by atoms with E-state index >= 15 is 0 Å². The fourth-order valence-electron chi connectivity index (χ4n) is 3.04. The van der Waals surface area contributed by atoms with Gasteiger partial charge in [0, 0.05) is 19.3 Å². The van der Waals surface area contributed by atoms with Crippen LogP contribution < -0.4 is 15.0 Å². The van der Waals surface area contributed by atoms with E-state index in [0.29, 0.717) is 35.5 Å². The first kappa shape index (κ1) is 20.7. The number of pyridine rings is 1. The van der Waals surface area contributed by atoms with E-state index in [1.54, 1.807) is 6.07 Å². The zero-order valence-corrected chi connectivity index (χ0v) is 17.3. The predicted octanol–water partition coefficient (Wildman–Crippen LogP) is 1.42. The Labute approximate surface area is 181 Å². The normalized spacial score (nSPS) is 21.4. The molecule has 1 N–H and O–H groups in total. The molecule has 2 aliphatic heterocycles. The van der Waals surface area contributed by atoms with Gasteiger partial charge >= 0.3 is 0 Å². The van der Waals surface area contributed by atoms with Gasteiger partial charge in [-0.15, -0.1) is 0 Å². The number of likely N-dealkylation sites (N-methyl/N-ethyl adjacent to an activating group) is 1. The van der Waals surface area contributed by atoms with Crippen molar-refractivity contribution in [3.63, 3.8) is 0 Å². The summed E-state index contributed by atoms with van der Waals surface area (Å²) in [6, 6.07) is 0.575. The Morgan fingerprint density at radius 1 is 1.23 bits per heavy atom. The summed E-state index contributed by atoms with van der Waals surface area (Å²) in [4.78, 5) is 39.1. The quantitative estimate of drug-likeness (QED) is 0.741. The number of amides is 2. The summed E-state index contributed by atoms with van der Waals surface area (Å²) >= 11 is 12.1. The summed E-state index contributed by atoms with van der Waals surface area (Å²) < 4.78 is 16.6. The van der Waals surface area contributed by atoms with Crippen LogP contribution in [-0.2, 0) is 14.3 Å². The Hall–Kier alpha value is -2.53. The van der Waals surface area contributed by atoms with Gasteiger partial charge in [0.2, 0.25) is 5.82 Å². The summed E-state index contributed by atoms with van der Waals surface area (Å²) in [5.41, 5.74) is 0.350. The van der Waals surface area contributed by atoms with Crippen molar-refractivity contribution in [1.82, 2.24) is 20.3 Å². The molecule has 0 aromatic carbocycles. The topological polar surface area (TPSA) is 116 Å².